The number of urea groups is 1. The Morgan fingerprint density at radius 2 is 2.09 bits per heavy atom. The third-order valence-electron chi connectivity index (χ3n) is 7.09. The molecule has 1 saturated carbocycles. The highest BCUT2D eigenvalue weighted by Gasteiger charge is 2.38. The number of hydrogen-bond acceptors (Lipinski definition) is 3. The molecule has 4 rings (SSSR count). The fourth-order valence-electron chi connectivity index (χ4n) is 5.38. The average Bonchev–Trinajstić information content (AvgIpc) is 3.23. The second-order valence-electron chi connectivity index (χ2n) is 9.16. The van der Waals surface area contributed by atoms with Crippen LogP contribution in [0.1, 0.15) is 74.1 Å². The number of nitrogens with zero attached hydrogens (tertiary/aromatic N) is 2. The molecule has 0 radical (unpaired) electrons. The van der Waals surface area contributed by atoms with Gasteiger partial charge in [-0.1, -0.05) is 12.1 Å². The first-order valence-corrected chi connectivity index (χ1v) is 12.0. The molecule has 2 fully saturated rings. The number of halogens is 1. The Balaban J connectivity index is 1.40. The minimum Gasteiger partial charge on any atom is -0.376 e. The van der Waals surface area contributed by atoms with Gasteiger partial charge in [0.05, 0.1) is 24.4 Å². The molecule has 2 aliphatic rings. The van der Waals surface area contributed by atoms with E-state index in [4.69, 9.17) is 4.74 Å². The smallest absolute Gasteiger partial charge is 0.317 e. The van der Waals surface area contributed by atoms with Crippen molar-refractivity contribution in [1.29, 1.82) is 0 Å². The average molecular weight is 443 g/mol. The molecule has 2 atom stereocenters. The second kappa shape index (κ2) is 10.5. The molecule has 2 N–H and O–H groups in total. The van der Waals surface area contributed by atoms with Crippen LogP contribution in [0.5, 0.6) is 0 Å². The molecule has 1 aromatic heterocycles. The van der Waals surface area contributed by atoms with Gasteiger partial charge in [-0.15, -0.1) is 0 Å². The molecule has 1 saturated heterocycles. The Bertz CT molecular complexity index is 894. The Morgan fingerprint density at radius 1 is 1.28 bits per heavy atom. The van der Waals surface area contributed by atoms with Crippen LogP contribution in [-0.4, -0.2) is 53.0 Å². The molecule has 0 bridgehead atoms. The lowest BCUT2D eigenvalue weighted by Crippen LogP contribution is -2.53. The predicted octanol–water partition coefficient (Wildman–Crippen LogP) is 4.88. The summed E-state index contributed by atoms with van der Waals surface area (Å²) in [6.45, 7) is 5.88. The van der Waals surface area contributed by atoms with Gasteiger partial charge in [0.25, 0.3) is 0 Å². The van der Waals surface area contributed by atoms with Gasteiger partial charge in [0.2, 0.25) is 0 Å². The van der Waals surface area contributed by atoms with E-state index in [0.717, 1.165) is 61.9 Å². The van der Waals surface area contributed by atoms with Crippen LogP contribution in [-0.2, 0) is 4.74 Å². The van der Waals surface area contributed by atoms with E-state index in [1.165, 1.54) is 6.07 Å². The van der Waals surface area contributed by atoms with E-state index in [2.05, 4.69) is 22.4 Å². The van der Waals surface area contributed by atoms with Crippen LogP contribution in [0.2, 0.25) is 0 Å². The number of hydrogen-bond donors (Lipinski definition) is 2. The maximum atomic E-state index is 13.6. The van der Waals surface area contributed by atoms with Crippen molar-refractivity contribution in [2.45, 2.75) is 76.4 Å². The van der Waals surface area contributed by atoms with Gasteiger partial charge >= 0.3 is 6.03 Å². The van der Waals surface area contributed by atoms with Gasteiger partial charge in [0.15, 0.2) is 0 Å². The first-order valence-electron chi connectivity index (χ1n) is 12.0. The fourth-order valence-corrected chi connectivity index (χ4v) is 5.38. The van der Waals surface area contributed by atoms with E-state index < -0.39 is 0 Å². The number of carbonyl (C=O) groups is 1. The van der Waals surface area contributed by atoms with E-state index >= 15 is 0 Å². The number of piperidine rings is 1. The summed E-state index contributed by atoms with van der Waals surface area (Å²) in [5.74, 6) is 0.399. The summed E-state index contributed by atoms with van der Waals surface area (Å²) in [5.41, 5.74) is 3.27. The van der Waals surface area contributed by atoms with Gasteiger partial charge in [-0.05, 0) is 81.5 Å². The van der Waals surface area contributed by atoms with Crippen molar-refractivity contribution in [3.05, 3.63) is 53.1 Å². The van der Waals surface area contributed by atoms with Gasteiger partial charge in [-0.25, -0.2) is 9.18 Å². The number of likely N-dealkylation sites (tertiary alicyclic amines) is 1. The van der Waals surface area contributed by atoms with Gasteiger partial charge in [0.1, 0.15) is 5.82 Å². The Labute approximate surface area is 189 Å². The van der Waals surface area contributed by atoms with Crippen molar-refractivity contribution in [2.75, 3.05) is 19.7 Å². The van der Waals surface area contributed by atoms with Crippen LogP contribution in [0.25, 0.3) is 0 Å². The molecule has 7 heteroatoms. The molecular weight excluding hydrogens is 407 g/mol. The number of aromatic amines is 1. The number of carbonyl (C=O) groups excluding carboxylic acids is 1. The maximum absolute atomic E-state index is 13.6. The van der Waals surface area contributed by atoms with Crippen LogP contribution >= 0.6 is 0 Å². The molecule has 1 aromatic carbocycles. The number of nitrogens with one attached hydrogen (secondary N) is 2. The zero-order chi connectivity index (χ0) is 22.5. The molecule has 2 aromatic rings. The van der Waals surface area contributed by atoms with E-state index in [0.29, 0.717) is 19.1 Å². The predicted molar refractivity (Wildman–Crippen MR) is 122 cm³/mol. The van der Waals surface area contributed by atoms with Crippen molar-refractivity contribution in [3.8, 4) is 0 Å². The summed E-state index contributed by atoms with van der Waals surface area (Å²) in [7, 11) is 0. The SMILES string of the molecule is CCNC(=O)N1CCC[C@H](c2n[nH]cc2C)[C@@H]1CO[C@H]1CC[C@@H](c2cccc(F)c2)CC1. The maximum Gasteiger partial charge on any atom is 0.317 e. The van der Waals surface area contributed by atoms with Crippen molar-refractivity contribution >= 4 is 6.03 Å². The lowest BCUT2D eigenvalue weighted by atomic mass is 9.82. The van der Waals surface area contributed by atoms with E-state index in [9.17, 15) is 9.18 Å². The summed E-state index contributed by atoms with van der Waals surface area (Å²) in [5, 5.41) is 10.4. The Hall–Kier alpha value is -2.41. The number of amides is 2. The molecule has 6 nitrogen and oxygen atoms in total. The zero-order valence-electron chi connectivity index (χ0n) is 19.1. The summed E-state index contributed by atoms with van der Waals surface area (Å²) >= 11 is 0. The molecule has 174 valence electrons. The number of ether oxygens (including phenoxy) is 1. The number of aryl methyl sites for hydroxylation is 1. The first-order chi connectivity index (χ1) is 15.6. The standard InChI is InChI=1S/C25H35FN4O2/c1-3-27-25(31)30-13-5-8-22(24-17(2)15-28-29-24)23(30)16-32-21-11-9-18(10-12-21)19-6-4-7-20(26)14-19/h4,6-7,14-15,18,21-23H,3,5,8-13,16H2,1-2H3,(H,27,31)(H,28,29)/t18-,21+,22-,23-/m0/s1. The second-order valence-corrected chi connectivity index (χ2v) is 9.16. The Kier molecular flexibility index (Phi) is 7.45. The molecule has 1 aliphatic carbocycles. The van der Waals surface area contributed by atoms with Crippen molar-refractivity contribution in [3.63, 3.8) is 0 Å². The molecule has 0 spiro atoms. The normalized spacial score (nSPS) is 26.2. The lowest BCUT2D eigenvalue weighted by Gasteiger charge is -2.41. The Morgan fingerprint density at radius 3 is 2.78 bits per heavy atom. The topological polar surface area (TPSA) is 70.2 Å². The molecule has 2 amide bonds. The molecule has 0 unspecified atom stereocenters. The summed E-state index contributed by atoms with van der Waals surface area (Å²) in [6.07, 6.45) is 7.99. The minimum atomic E-state index is -0.164. The van der Waals surface area contributed by atoms with Gasteiger partial charge < -0.3 is 15.0 Å². The van der Waals surface area contributed by atoms with Crippen molar-refractivity contribution < 1.29 is 13.9 Å². The third kappa shape index (κ3) is 5.14. The summed E-state index contributed by atoms with van der Waals surface area (Å²) in [6, 6.07) is 6.93. The van der Waals surface area contributed by atoms with Crippen LogP contribution < -0.4 is 5.32 Å². The van der Waals surface area contributed by atoms with E-state index in [1.807, 2.05) is 24.1 Å². The summed E-state index contributed by atoms with van der Waals surface area (Å²) in [4.78, 5) is 14.7. The van der Waals surface area contributed by atoms with Crippen LogP contribution in [0.3, 0.4) is 0 Å². The highest BCUT2D eigenvalue weighted by Crippen LogP contribution is 2.37. The van der Waals surface area contributed by atoms with E-state index in [-0.39, 0.29) is 29.9 Å². The molecule has 1 aliphatic heterocycles. The molecule has 2 heterocycles. The lowest BCUT2D eigenvalue weighted by molar-refractivity contribution is -0.0171. The van der Waals surface area contributed by atoms with Crippen LogP contribution in [0.4, 0.5) is 9.18 Å². The number of rotatable bonds is 6. The summed E-state index contributed by atoms with van der Waals surface area (Å²) < 4.78 is 20.0. The van der Waals surface area contributed by atoms with Gasteiger partial charge in [0, 0.05) is 25.2 Å². The largest absolute Gasteiger partial charge is 0.376 e. The van der Waals surface area contributed by atoms with Crippen molar-refractivity contribution in [2.24, 2.45) is 0 Å². The zero-order valence-corrected chi connectivity index (χ0v) is 19.1. The van der Waals surface area contributed by atoms with Gasteiger partial charge in [-0.3, -0.25) is 5.10 Å². The van der Waals surface area contributed by atoms with Crippen LogP contribution in [0.15, 0.2) is 30.5 Å². The highest BCUT2D eigenvalue weighted by molar-refractivity contribution is 5.74. The van der Waals surface area contributed by atoms with Crippen LogP contribution in [0, 0.1) is 12.7 Å². The van der Waals surface area contributed by atoms with Crippen molar-refractivity contribution in [1.82, 2.24) is 20.4 Å². The fraction of sp³-hybridized carbons (Fsp3) is 0.600. The third-order valence-corrected chi connectivity index (χ3v) is 7.09. The number of H-pyrrole nitrogens is 1. The van der Waals surface area contributed by atoms with Gasteiger partial charge in [-0.2, -0.15) is 5.10 Å². The highest BCUT2D eigenvalue weighted by atomic mass is 19.1. The minimum absolute atomic E-state index is 0.0196. The first kappa shape index (κ1) is 22.8. The molecular formula is C25H35FN4O2. The number of aromatic nitrogens is 2. The molecule has 32 heavy (non-hydrogen) atoms. The number of benzene rings is 1. The quantitative estimate of drug-likeness (QED) is 0.670. The monoisotopic (exact) mass is 442 g/mol. The van der Waals surface area contributed by atoms with E-state index in [1.54, 1.807) is 12.1 Å².